The molecule has 0 heterocycles. The molecule has 0 radical (unpaired) electrons. The van der Waals surface area contributed by atoms with E-state index >= 15 is 0 Å². The lowest BCUT2D eigenvalue weighted by Crippen LogP contribution is -2.30. The number of rotatable bonds is 4. The lowest BCUT2D eigenvalue weighted by atomic mass is 10.1. The van der Waals surface area contributed by atoms with Crippen molar-refractivity contribution in [2.75, 3.05) is 5.32 Å². The Labute approximate surface area is 132 Å². The molecule has 0 aromatic heterocycles. The molecular formula is C19H23NO2. The van der Waals surface area contributed by atoms with Gasteiger partial charge in [-0.25, -0.2) is 0 Å². The van der Waals surface area contributed by atoms with E-state index in [1.165, 1.54) is 5.56 Å². The summed E-state index contributed by atoms with van der Waals surface area (Å²) in [5, 5.41) is 2.93. The van der Waals surface area contributed by atoms with Gasteiger partial charge in [0.15, 0.2) is 6.10 Å². The first kappa shape index (κ1) is 16.1. The van der Waals surface area contributed by atoms with Crippen molar-refractivity contribution in [1.29, 1.82) is 0 Å². The molecule has 0 saturated carbocycles. The Morgan fingerprint density at radius 3 is 2.41 bits per heavy atom. The number of benzene rings is 2. The lowest BCUT2D eigenvalue weighted by Gasteiger charge is -2.17. The standard InChI is InChI=1S/C19H23NO2/c1-12-9-10-17(11-14(12)3)22-16(5)19(21)20-18-8-6-7-13(2)15(18)4/h6-11,16H,1-5H3,(H,20,21)/t16-/m0/s1. The summed E-state index contributed by atoms with van der Waals surface area (Å²) in [6, 6.07) is 11.7. The van der Waals surface area contributed by atoms with Crippen LogP contribution in [-0.4, -0.2) is 12.0 Å². The van der Waals surface area contributed by atoms with Gasteiger partial charge in [-0.3, -0.25) is 4.79 Å². The number of amides is 1. The van der Waals surface area contributed by atoms with Crippen LogP contribution in [0.25, 0.3) is 0 Å². The van der Waals surface area contributed by atoms with Gasteiger partial charge in [0.25, 0.3) is 5.91 Å². The van der Waals surface area contributed by atoms with Crippen molar-refractivity contribution in [2.24, 2.45) is 0 Å². The Balaban J connectivity index is 2.06. The summed E-state index contributed by atoms with van der Waals surface area (Å²) >= 11 is 0. The van der Waals surface area contributed by atoms with E-state index in [-0.39, 0.29) is 5.91 Å². The van der Waals surface area contributed by atoms with Gasteiger partial charge in [-0.2, -0.15) is 0 Å². The minimum atomic E-state index is -0.554. The molecule has 2 aromatic rings. The molecule has 3 nitrogen and oxygen atoms in total. The average Bonchev–Trinajstić information content (AvgIpc) is 2.47. The fourth-order valence-electron chi connectivity index (χ4n) is 2.17. The van der Waals surface area contributed by atoms with E-state index in [1.807, 2.05) is 57.2 Å². The Morgan fingerprint density at radius 1 is 1.00 bits per heavy atom. The molecule has 22 heavy (non-hydrogen) atoms. The van der Waals surface area contributed by atoms with Crippen LogP contribution in [-0.2, 0) is 4.79 Å². The van der Waals surface area contributed by atoms with Gasteiger partial charge in [0.2, 0.25) is 0 Å². The number of carbonyl (C=O) groups excluding carboxylic acids is 1. The topological polar surface area (TPSA) is 38.3 Å². The molecule has 0 spiro atoms. The smallest absolute Gasteiger partial charge is 0.265 e. The number of hydrogen-bond donors (Lipinski definition) is 1. The van der Waals surface area contributed by atoms with Crippen LogP contribution in [0, 0.1) is 27.7 Å². The Bertz CT molecular complexity index is 692. The van der Waals surface area contributed by atoms with E-state index in [9.17, 15) is 4.79 Å². The van der Waals surface area contributed by atoms with Crippen LogP contribution in [0.3, 0.4) is 0 Å². The van der Waals surface area contributed by atoms with E-state index < -0.39 is 6.10 Å². The number of carbonyl (C=O) groups is 1. The van der Waals surface area contributed by atoms with Crippen LogP contribution in [0.15, 0.2) is 36.4 Å². The van der Waals surface area contributed by atoms with Crippen molar-refractivity contribution in [3.05, 3.63) is 58.7 Å². The van der Waals surface area contributed by atoms with Gasteiger partial charge >= 0.3 is 0 Å². The number of ether oxygens (including phenoxy) is 1. The van der Waals surface area contributed by atoms with E-state index in [0.717, 1.165) is 22.4 Å². The Kier molecular flexibility index (Phi) is 4.86. The number of hydrogen-bond acceptors (Lipinski definition) is 2. The highest BCUT2D eigenvalue weighted by Gasteiger charge is 2.16. The lowest BCUT2D eigenvalue weighted by molar-refractivity contribution is -0.122. The molecule has 0 saturated heterocycles. The molecular weight excluding hydrogens is 274 g/mol. The summed E-state index contributed by atoms with van der Waals surface area (Å²) in [6.45, 7) is 9.87. The molecule has 1 N–H and O–H groups in total. The summed E-state index contributed by atoms with van der Waals surface area (Å²) in [6.07, 6.45) is -0.554. The van der Waals surface area contributed by atoms with E-state index in [2.05, 4.69) is 12.2 Å². The van der Waals surface area contributed by atoms with Crippen molar-refractivity contribution < 1.29 is 9.53 Å². The molecule has 1 atom stereocenters. The molecule has 116 valence electrons. The van der Waals surface area contributed by atoms with Gasteiger partial charge in [0.1, 0.15) is 5.75 Å². The number of nitrogens with one attached hydrogen (secondary N) is 1. The van der Waals surface area contributed by atoms with E-state index in [0.29, 0.717) is 5.75 Å². The van der Waals surface area contributed by atoms with Crippen LogP contribution in [0.1, 0.15) is 29.2 Å². The fraction of sp³-hybridized carbons (Fsp3) is 0.316. The van der Waals surface area contributed by atoms with Gasteiger partial charge in [-0.15, -0.1) is 0 Å². The van der Waals surface area contributed by atoms with Gasteiger partial charge in [0.05, 0.1) is 0 Å². The highest BCUT2D eigenvalue weighted by molar-refractivity contribution is 5.94. The van der Waals surface area contributed by atoms with Crippen molar-refractivity contribution in [2.45, 2.75) is 40.7 Å². The molecule has 0 aliphatic heterocycles. The van der Waals surface area contributed by atoms with Crippen LogP contribution in [0.4, 0.5) is 5.69 Å². The summed E-state index contributed by atoms with van der Waals surface area (Å²) in [5.74, 6) is 0.568. The molecule has 0 bridgehead atoms. The third kappa shape index (κ3) is 3.67. The molecule has 3 heteroatoms. The molecule has 0 unspecified atom stereocenters. The summed E-state index contributed by atoms with van der Waals surface area (Å²) in [7, 11) is 0. The predicted octanol–water partition coefficient (Wildman–Crippen LogP) is 4.33. The first-order valence-electron chi connectivity index (χ1n) is 7.49. The zero-order valence-electron chi connectivity index (χ0n) is 13.9. The Hall–Kier alpha value is -2.29. The second-order valence-corrected chi connectivity index (χ2v) is 5.74. The monoisotopic (exact) mass is 297 g/mol. The zero-order chi connectivity index (χ0) is 16.3. The van der Waals surface area contributed by atoms with Crippen molar-refractivity contribution >= 4 is 11.6 Å². The van der Waals surface area contributed by atoms with E-state index in [1.54, 1.807) is 6.92 Å². The fourth-order valence-corrected chi connectivity index (χ4v) is 2.17. The van der Waals surface area contributed by atoms with Gasteiger partial charge in [-0.1, -0.05) is 18.2 Å². The maximum atomic E-state index is 12.3. The van der Waals surface area contributed by atoms with Crippen LogP contribution in [0.5, 0.6) is 5.75 Å². The third-order valence-electron chi connectivity index (χ3n) is 4.02. The second-order valence-electron chi connectivity index (χ2n) is 5.74. The number of aryl methyl sites for hydroxylation is 3. The third-order valence-corrected chi connectivity index (χ3v) is 4.02. The minimum Gasteiger partial charge on any atom is -0.481 e. The zero-order valence-corrected chi connectivity index (χ0v) is 13.9. The van der Waals surface area contributed by atoms with Crippen LogP contribution in [0.2, 0.25) is 0 Å². The average molecular weight is 297 g/mol. The number of anilines is 1. The maximum absolute atomic E-state index is 12.3. The molecule has 1 amide bonds. The van der Waals surface area contributed by atoms with Crippen LogP contribution >= 0.6 is 0 Å². The SMILES string of the molecule is Cc1ccc(O[C@@H](C)C(=O)Nc2cccc(C)c2C)cc1C. The second kappa shape index (κ2) is 6.65. The molecule has 2 rings (SSSR count). The van der Waals surface area contributed by atoms with Gasteiger partial charge in [-0.05, 0) is 75.1 Å². The highest BCUT2D eigenvalue weighted by Crippen LogP contribution is 2.20. The van der Waals surface area contributed by atoms with Gasteiger partial charge in [0, 0.05) is 5.69 Å². The van der Waals surface area contributed by atoms with E-state index in [4.69, 9.17) is 4.74 Å². The minimum absolute atomic E-state index is 0.146. The summed E-state index contributed by atoms with van der Waals surface area (Å²) < 4.78 is 5.74. The Morgan fingerprint density at radius 2 is 1.73 bits per heavy atom. The van der Waals surface area contributed by atoms with Crippen molar-refractivity contribution in [3.8, 4) is 5.75 Å². The molecule has 0 fully saturated rings. The molecule has 0 aliphatic carbocycles. The van der Waals surface area contributed by atoms with Crippen LogP contribution < -0.4 is 10.1 Å². The maximum Gasteiger partial charge on any atom is 0.265 e. The normalized spacial score (nSPS) is 11.9. The quantitative estimate of drug-likeness (QED) is 0.912. The first-order chi connectivity index (χ1) is 10.4. The van der Waals surface area contributed by atoms with Crippen molar-refractivity contribution in [1.82, 2.24) is 0 Å². The van der Waals surface area contributed by atoms with Gasteiger partial charge < -0.3 is 10.1 Å². The molecule has 0 aliphatic rings. The predicted molar refractivity (Wildman–Crippen MR) is 90.6 cm³/mol. The highest BCUT2D eigenvalue weighted by atomic mass is 16.5. The largest absolute Gasteiger partial charge is 0.481 e. The van der Waals surface area contributed by atoms with Crippen molar-refractivity contribution in [3.63, 3.8) is 0 Å². The molecule has 2 aromatic carbocycles. The summed E-state index contributed by atoms with van der Waals surface area (Å²) in [4.78, 5) is 12.3. The first-order valence-corrected chi connectivity index (χ1v) is 7.49. The summed E-state index contributed by atoms with van der Waals surface area (Å²) in [5.41, 5.74) is 5.43.